The van der Waals surface area contributed by atoms with E-state index in [9.17, 15) is 18.0 Å². The number of rotatable bonds is 3. The standard InChI is InChI=1S/C19H28N6O.C2HF3O2/c1-13-11-15(12-25-18(13)21-14(2)23-25)19(26)22-16-5-9-24(10-6-16)17-3-7-20-8-4-17;3-2(4,5)1(6)7/h11-12,16-17,20H,3-10H2,1-2H3,(H,22,26);(H,6,7). The third kappa shape index (κ3) is 6.64. The number of likely N-dealkylation sites (tertiary alicyclic amines) is 1. The number of nitrogens with zero attached hydrogens (tertiary/aromatic N) is 4. The smallest absolute Gasteiger partial charge is 0.475 e. The van der Waals surface area contributed by atoms with E-state index in [0.717, 1.165) is 56.1 Å². The Hall–Kier alpha value is -2.73. The summed E-state index contributed by atoms with van der Waals surface area (Å²) in [5.74, 6) is -2.05. The highest BCUT2D eigenvalue weighted by molar-refractivity contribution is 5.94. The Bertz CT molecular complexity index is 980. The number of hydrogen-bond acceptors (Lipinski definition) is 6. The van der Waals surface area contributed by atoms with Crippen LogP contribution in [0.15, 0.2) is 12.3 Å². The monoisotopic (exact) mass is 470 g/mol. The molecule has 0 atom stereocenters. The van der Waals surface area contributed by atoms with Gasteiger partial charge < -0.3 is 20.6 Å². The van der Waals surface area contributed by atoms with E-state index < -0.39 is 12.1 Å². The van der Waals surface area contributed by atoms with E-state index >= 15 is 0 Å². The molecule has 0 radical (unpaired) electrons. The number of aromatic nitrogens is 3. The number of pyridine rings is 1. The van der Waals surface area contributed by atoms with E-state index in [1.54, 1.807) is 10.7 Å². The Morgan fingerprint density at radius 2 is 1.76 bits per heavy atom. The van der Waals surface area contributed by atoms with Crippen molar-refractivity contribution in [3.05, 3.63) is 29.2 Å². The Kier molecular flexibility index (Phi) is 7.90. The number of amides is 1. The second-order valence-electron chi connectivity index (χ2n) is 8.41. The van der Waals surface area contributed by atoms with Crippen molar-refractivity contribution in [3.63, 3.8) is 0 Å². The predicted molar refractivity (Wildman–Crippen MR) is 114 cm³/mol. The molecule has 1 amide bonds. The Labute approximate surface area is 189 Å². The van der Waals surface area contributed by atoms with Gasteiger partial charge in [0.15, 0.2) is 5.65 Å². The molecule has 2 aromatic rings. The number of nitrogens with one attached hydrogen (secondary N) is 2. The van der Waals surface area contributed by atoms with Gasteiger partial charge in [0.1, 0.15) is 5.82 Å². The molecule has 2 fully saturated rings. The van der Waals surface area contributed by atoms with Gasteiger partial charge in [-0.1, -0.05) is 0 Å². The molecule has 12 heteroatoms. The number of hydrogen-bond donors (Lipinski definition) is 3. The van der Waals surface area contributed by atoms with Crippen molar-refractivity contribution in [2.75, 3.05) is 26.2 Å². The zero-order chi connectivity index (χ0) is 24.2. The van der Waals surface area contributed by atoms with Crippen molar-refractivity contribution in [1.29, 1.82) is 0 Å². The lowest BCUT2D eigenvalue weighted by atomic mass is 9.98. The maximum atomic E-state index is 12.7. The number of halogens is 3. The minimum absolute atomic E-state index is 0.0107. The number of fused-ring (bicyclic) bond motifs is 1. The first-order chi connectivity index (χ1) is 15.5. The van der Waals surface area contributed by atoms with Crippen LogP contribution in [0.5, 0.6) is 0 Å². The molecule has 0 aliphatic carbocycles. The van der Waals surface area contributed by atoms with E-state index in [1.165, 1.54) is 12.8 Å². The molecular formula is C21H29F3N6O3. The molecule has 2 aliphatic rings. The van der Waals surface area contributed by atoms with Crippen LogP contribution in [-0.2, 0) is 4.79 Å². The molecule has 4 heterocycles. The average Bonchev–Trinajstić information content (AvgIpc) is 3.15. The maximum Gasteiger partial charge on any atom is 0.490 e. The zero-order valence-electron chi connectivity index (χ0n) is 18.7. The molecule has 0 unspecified atom stereocenters. The quantitative estimate of drug-likeness (QED) is 0.629. The second kappa shape index (κ2) is 10.5. The van der Waals surface area contributed by atoms with Crippen LogP contribution in [0, 0.1) is 13.8 Å². The number of aliphatic carboxylic acids is 1. The molecule has 3 N–H and O–H groups in total. The van der Waals surface area contributed by atoms with Gasteiger partial charge in [0, 0.05) is 31.4 Å². The fourth-order valence-electron chi connectivity index (χ4n) is 4.23. The third-order valence-corrected chi connectivity index (χ3v) is 5.92. The fourth-order valence-corrected chi connectivity index (χ4v) is 4.23. The van der Waals surface area contributed by atoms with Crippen molar-refractivity contribution in [3.8, 4) is 0 Å². The molecule has 182 valence electrons. The highest BCUT2D eigenvalue weighted by Gasteiger charge is 2.38. The summed E-state index contributed by atoms with van der Waals surface area (Å²) < 4.78 is 33.4. The van der Waals surface area contributed by atoms with Crippen molar-refractivity contribution < 1.29 is 27.9 Å². The molecule has 0 bridgehead atoms. The number of alkyl halides is 3. The Morgan fingerprint density at radius 3 is 2.33 bits per heavy atom. The van der Waals surface area contributed by atoms with Crippen LogP contribution >= 0.6 is 0 Å². The first kappa shape index (κ1) is 24.9. The fraction of sp³-hybridized carbons (Fsp3) is 0.619. The lowest BCUT2D eigenvalue weighted by Gasteiger charge is -2.39. The predicted octanol–water partition coefficient (Wildman–Crippen LogP) is 1.93. The number of carbonyl (C=O) groups excluding carboxylic acids is 1. The first-order valence-corrected chi connectivity index (χ1v) is 10.9. The minimum Gasteiger partial charge on any atom is -0.475 e. The normalized spacial score (nSPS) is 18.6. The Morgan fingerprint density at radius 1 is 1.15 bits per heavy atom. The summed E-state index contributed by atoms with van der Waals surface area (Å²) in [5.41, 5.74) is 2.44. The van der Waals surface area contributed by atoms with Crippen LogP contribution in [0.4, 0.5) is 13.2 Å². The summed E-state index contributed by atoms with van der Waals surface area (Å²) in [5, 5.41) is 18.1. The van der Waals surface area contributed by atoms with E-state index in [2.05, 4.69) is 25.6 Å². The van der Waals surface area contributed by atoms with Crippen LogP contribution < -0.4 is 10.6 Å². The molecule has 0 aromatic carbocycles. The van der Waals surface area contributed by atoms with Crippen LogP contribution in [0.3, 0.4) is 0 Å². The highest BCUT2D eigenvalue weighted by atomic mass is 19.4. The number of aryl methyl sites for hydroxylation is 2. The third-order valence-electron chi connectivity index (χ3n) is 5.92. The molecule has 2 aliphatic heterocycles. The SMILES string of the molecule is Cc1nc2c(C)cc(C(=O)NC3CCN(C4CCNCC4)CC3)cn2n1.O=C(O)C(F)(F)F. The minimum atomic E-state index is -5.08. The van der Waals surface area contributed by atoms with Gasteiger partial charge >= 0.3 is 12.1 Å². The topological polar surface area (TPSA) is 112 Å². The van der Waals surface area contributed by atoms with Crippen LogP contribution in [-0.4, -0.2) is 80.9 Å². The zero-order valence-corrected chi connectivity index (χ0v) is 18.7. The lowest BCUT2D eigenvalue weighted by Crippen LogP contribution is -2.50. The van der Waals surface area contributed by atoms with Gasteiger partial charge in [0.2, 0.25) is 0 Å². The van der Waals surface area contributed by atoms with Crippen molar-refractivity contribution in [2.24, 2.45) is 0 Å². The van der Waals surface area contributed by atoms with Gasteiger partial charge in [0.25, 0.3) is 5.91 Å². The highest BCUT2D eigenvalue weighted by Crippen LogP contribution is 2.19. The van der Waals surface area contributed by atoms with Crippen molar-refractivity contribution in [1.82, 2.24) is 30.1 Å². The van der Waals surface area contributed by atoms with Gasteiger partial charge in [-0.25, -0.2) is 14.3 Å². The van der Waals surface area contributed by atoms with Crippen molar-refractivity contribution >= 4 is 17.5 Å². The summed E-state index contributed by atoms with van der Waals surface area (Å²) >= 11 is 0. The molecule has 9 nitrogen and oxygen atoms in total. The number of carbonyl (C=O) groups is 2. The van der Waals surface area contributed by atoms with E-state index in [-0.39, 0.29) is 11.9 Å². The summed E-state index contributed by atoms with van der Waals surface area (Å²) in [6, 6.07) is 2.88. The summed E-state index contributed by atoms with van der Waals surface area (Å²) in [7, 11) is 0. The lowest BCUT2D eigenvalue weighted by molar-refractivity contribution is -0.192. The largest absolute Gasteiger partial charge is 0.490 e. The molecule has 33 heavy (non-hydrogen) atoms. The number of carboxylic acids is 1. The number of piperidine rings is 2. The summed E-state index contributed by atoms with van der Waals surface area (Å²) in [6.45, 7) is 8.25. The molecular weight excluding hydrogens is 441 g/mol. The number of carboxylic acid groups (broad SMARTS) is 1. The maximum absolute atomic E-state index is 12.7. The van der Waals surface area contributed by atoms with Crippen LogP contribution in [0.25, 0.3) is 5.65 Å². The molecule has 4 rings (SSSR count). The second-order valence-corrected chi connectivity index (χ2v) is 8.41. The van der Waals surface area contributed by atoms with Gasteiger partial charge in [-0.15, -0.1) is 0 Å². The van der Waals surface area contributed by atoms with Gasteiger partial charge in [0.05, 0.1) is 5.56 Å². The average molecular weight is 470 g/mol. The molecule has 2 saturated heterocycles. The van der Waals surface area contributed by atoms with Crippen LogP contribution in [0.2, 0.25) is 0 Å². The van der Waals surface area contributed by atoms with E-state index in [1.807, 2.05) is 19.9 Å². The first-order valence-electron chi connectivity index (χ1n) is 10.9. The van der Waals surface area contributed by atoms with Gasteiger partial charge in [-0.2, -0.15) is 18.3 Å². The summed E-state index contributed by atoms with van der Waals surface area (Å²) in [4.78, 5) is 28.6. The molecule has 0 spiro atoms. The van der Waals surface area contributed by atoms with Crippen molar-refractivity contribution in [2.45, 2.75) is 57.8 Å². The molecule has 2 aromatic heterocycles. The molecule has 0 saturated carbocycles. The Balaban J connectivity index is 0.000000383. The van der Waals surface area contributed by atoms with E-state index in [0.29, 0.717) is 11.6 Å². The van der Waals surface area contributed by atoms with Gasteiger partial charge in [-0.05, 0) is 64.3 Å². The van der Waals surface area contributed by atoms with Crippen LogP contribution in [0.1, 0.15) is 47.4 Å². The van der Waals surface area contributed by atoms with E-state index in [4.69, 9.17) is 9.90 Å². The summed E-state index contributed by atoms with van der Waals surface area (Å²) in [6.07, 6.45) is 1.24. The van der Waals surface area contributed by atoms with Gasteiger partial charge in [-0.3, -0.25) is 4.79 Å².